The highest BCUT2D eigenvalue weighted by Crippen LogP contribution is 2.05. The largest absolute Gasteiger partial charge is 0.381 e. The molecule has 0 unspecified atom stereocenters. The van der Waals surface area contributed by atoms with Crippen LogP contribution in [0.15, 0.2) is 23.1 Å². The van der Waals surface area contributed by atoms with Crippen molar-refractivity contribution >= 4 is 5.91 Å². The number of nitrogens with two attached hydrogens (primary N) is 1. The van der Waals surface area contributed by atoms with Gasteiger partial charge in [0.1, 0.15) is 6.54 Å². The second-order valence-electron chi connectivity index (χ2n) is 4.62. The van der Waals surface area contributed by atoms with Crippen molar-refractivity contribution in [2.45, 2.75) is 32.0 Å². The summed E-state index contributed by atoms with van der Waals surface area (Å²) in [7, 11) is 0. The van der Waals surface area contributed by atoms with E-state index in [2.05, 4.69) is 5.32 Å². The third-order valence-corrected chi connectivity index (χ3v) is 3.22. The number of aromatic nitrogens is 1. The lowest BCUT2D eigenvalue weighted by Crippen LogP contribution is -2.42. The van der Waals surface area contributed by atoms with Crippen molar-refractivity contribution in [3.8, 4) is 0 Å². The summed E-state index contributed by atoms with van der Waals surface area (Å²) in [4.78, 5) is 23.8. The molecule has 104 valence electrons. The quantitative estimate of drug-likeness (QED) is 0.775. The highest BCUT2D eigenvalue weighted by atomic mass is 16.5. The molecule has 1 aromatic rings. The first-order valence-corrected chi connectivity index (χ1v) is 6.46. The molecule has 1 aliphatic heterocycles. The first-order chi connectivity index (χ1) is 9.20. The summed E-state index contributed by atoms with van der Waals surface area (Å²) in [6.45, 7) is 1.56. The molecule has 6 nitrogen and oxygen atoms in total. The zero-order valence-electron chi connectivity index (χ0n) is 10.8. The number of amides is 1. The lowest BCUT2D eigenvalue weighted by molar-refractivity contribution is -0.123. The van der Waals surface area contributed by atoms with E-state index in [0.29, 0.717) is 18.8 Å². The Balaban J connectivity index is 1.96. The smallest absolute Gasteiger partial charge is 0.255 e. The molecule has 1 saturated heterocycles. The number of nitrogens with zero attached hydrogens (tertiary/aromatic N) is 1. The molecule has 1 aromatic heterocycles. The third-order valence-electron chi connectivity index (χ3n) is 3.22. The van der Waals surface area contributed by atoms with E-state index < -0.39 is 0 Å². The van der Waals surface area contributed by atoms with Crippen LogP contribution in [-0.4, -0.2) is 29.7 Å². The third kappa shape index (κ3) is 3.65. The fourth-order valence-electron chi connectivity index (χ4n) is 2.14. The van der Waals surface area contributed by atoms with Gasteiger partial charge in [-0.15, -0.1) is 0 Å². The summed E-state index contributed by atoms with van der Waals surface area (Å²) in [6.07, 6.45) is 3.25. The van der Waals surface area contributed by atoms with Gasteiger partial charge < -0.3 is 20.4 Å². The lowest BCUT2D eigenvalue weighted by atomic mass is 10.1. The number of nitrogens with one attached hydrogen (secondary N) is 1. The van der Waals surface area contributed by atoms with Gasteiger partial charge in [0, 0.05) is 37.6 Å². The number of rotatable bonds is 4. The Morgan fingerprint density at radius 1 is 1.47 bits per heavy atom. The normalized spacial score (nSPS) is 16.3. The summed E-state index contributed by atoms with van der Waals surface area (Å²) in [6, 6.07) is 3.55. The average Bonchev–Trinajstić information content (AvgIpc) is 2.42. The molecule has 2 heterocycles. The van der Waals surface area contributed by atoms with Gasteiger partial charge in [-0.05, 0) is 18.9 Å². The molecule has 0 atom stereocenters. The first-order valence-electron chi connectivity index (χ1n) is 6.46. The van der Waals surface area contributed by atoms with Crippen molar-refractivity contribution in [3.05, 3.63) is 34.2 Å². The molecule has 0 spiro atoms. The van der Waals surface area contributed by atoms with Gasteiger partial charge in [0.15, 0.2) is 0 Å². The monoisotopic (exact) mass is 265 g/mol. The number of carbonyl (C=O) groups excluding carboxylic acids is 1. The summed E-state index contributed by atoms with van der Waals surface area (Å²) in [5.74, 6) is -0.150. The average molecular weight is 265 g/mol. The van der Waals surface area contributed by atoms with Gasteiger partial charge in [-0.2, -0.15) is 0 Å². The minimum Gasteiger partial charge on any atom is -0.381 e. The van der Waals surface area contributed by atoms with Gasteiger partial charge >= 0.3 is 0 Å². The highest BCUT2D eigenvalue weighted by Gasteiger charge is 2.16. The fraction of sp³-hybridized carbons (Fsp3) is 0.538. The molecule has 0 saturated carbocycles. The Morgan fingerprint density at radius 2 is 2.21 bits per heavy atom. The summed E-state index contributed by atoms with van der Waals surface area (Å²) < 4.78 is 6.61. The van der Waals surface area contributed by atoms with Gasteiger partial charge in [0.25, 0.3) is 5.56 Å². The summed E-state index contributed by atoms with van der Waals surface area (Å²) >= 11 is 0. The second kappa shape index (κ2) is 6.49. The van der Waals surface area contributed by atoms with Crippen molar-refractivity contribution in [1.29, 1.82) is 0 Å². The molecule has 6 heteroatoms. The van der Waals surface area contributed by atoms with Crippen LogP contribution >= 0.6 is 0 Å². The maximum atomic E-state index is 11.9. The van der Waals surface area contributed by atoms with Crippen LogP contribution in [0.3, 0.4) is 0 Å². The van der Waals surface area contributed by atoms with Crippen LogP contribution in [0.25, 0.3) is 0 Å². The van der Waals surface area contributed by atoms with Crippen LogP contribution in [0, 0.1) is 0 Å². The first kappa shape index (κ1) is 13.8. The standard InChI is InChI=1S/C13H19N3O3/c14-8-10-2-1-5-16(13(10)18)9-12(17)15-11-3-6-19-7-4-11/h1-2,5,11H,3-4,6-9,14H2,(H,15,17). The fourth-order valence-corrected chi connectivity index (χ4v) is 2.14. The van der Waals surface area contributed by atoms with Crippen LogP contribution in [0.2, 0.25) is 0 Å². The van der Waals surface area contributed by atoms with Crippen molar-refractivity contribution in [3.63, 3.8) is 0 Å². The van der Waals surface area contributed by atoms with Gasteiger partial charge in [0.05, 0.1) is 0 Å². The predicted octanol–water partition coefficient (Wildman–Crippen LogP) is -0.398. The summed E-state index contributed by atoms with van der Waals surface area (Å²) in [5.41, 5.74) is 5.79. The molecule has 0 aromatic carbocycles. The summed E-state index contributed by atoms with van der Waals surface area (Å²) in [5, 5.41) is 2.92. The van der Waals surface area contributed by atoms with Crippen LogP contribution in [0.5, 0.6) is 0 Å². The van der Waals surface area contributed by atoms with Crippen LogP contribution in [0.4, 0.5) is 0 Å². The van der Waals surface area contributed by atoms with E-state index in [1.807, 2.05) is 0 Å². The minimum absolute atomic E-state index is 0.0318. The maximum absolute atomic E-state index is 11.9. The molecular formula is C13H19N3O3. The van der Waals surface area contributed by atoms with Crippen molar-refractivity contribution in [2.75, 3.05) is 13.2 Å². The lowest BCUT2D eigenvalue weighted by Gasteiger charge is -2.23. The topological polar surface area (TPSA) is 86.3 Å². The molecule has 0 radical (unpaired) electrons. The zero-order valence-corrected chi connectivity index (χ0v) is 10.8. The molecule has 2 rings (SSSR count). The number of pyridine rings is 1. The van der Waals surface area contributed by atoms with E-state index in [-0.39, 0.29) is 30.6 Å². The Labute approximate surface area is 111 Å². The highest BCUT2D eigenvalue weighted by molar-refractivity contribution is 5.76. The van der Waals surface area contributed by atoms with Gasteiger partial charge in [-0.1, -0.05) is 6.07 Å². The zero-order chi connectivity index (χ0) is 13.7. The molecule has 1 aliphatic rings. The van der Waals surface area contributed by atoms with Gasteiger partial charge in [-0.25, -0.2) is 0 Å². The SMILES string of the molecule is NCc1cccn(CC(=O)NC2CCOCC2)c1=O. The Kier molecular flexibility index (Phi) is 4.70. The predicted molar refractivity (Wildman–Crippen MR) is 70.6 cm³/mol. The van der Waals surface area contributed by atoms with Crippen molar-refractivity contribution < 1.29 is 9.53 Å². The van der Waals surface area contributed by atoms with E-state index in [1.54, 1.807) is 18.3 Å². The molecule has 0 aliphatic carbocycles. The minimum atomic E-state index is -0.202. The van der Waals surface area contributed by atoms with Crippen LogP contribution in [-0.2, 0) is 22.6 Å². The molecule has 1 amide bonds. The van der Waals surface area contributed by atoms with E-state index in [4.69, 9.17) is 10.5 Å². The number of ether oxygens (including phenoxy) is 1. The molecule has 1 fully saturated rings. The van der Waals surface area contributed by atoms with E-state index in [9.17, 15) is 9.59 Å². The van der Waals surface area contributed by atoms with Gasteiger partial charge in [0.2, 0.25) is 5.91 Å². The molecule has 0 bridgehead atoms. The Bertz CT molecular complexity index is 492. The van der Waals surface area contributed by atoms with E-state index in [0.717, 1.165) is 12.8 Å². The Morgan fingerprint density at radius 3 is 2.89 bits per heavy atom. The van der Waals surface area contributed by atoms with Crippen molar-refractivity contribution in [2.24, 2.45) is 5.73 Å². The number of hydrogen-bond acceptors (Lipinski definition) is 4. The molecule has 19 heavy (non-hydrogen) atoms. The molecular weight excluding hydrogens is 246 g/mol. The second-order valence-corrected chi connectivity index (χ2v) is 4.62. The van der Waals surface area contributed by atoms with Crippen LogP contribution < -0.4 is 16.6 Å². The van der Waals surface area contributed by atoms with Crippen molar-refractivity contribution in [1.82, 2.24) is 9.88 Å². The van der Waals surface area contributed by atoms with Crippen LogP contribution in [0.1, 0.15) is 18.4 Å². The number of carbonyl (C=O) groups is 1. The maximum Gasteiger partial charge on any atom is 0.255 e. The number of hydrogen-bond donors (Lipinski definition) is 2. The molecule has 3 N–H and O–H groups in total. The van der Waals surface area contributed by atoms with Gasteiger partial charge in [-0.3, -0.25) is 9.59 Å². The Hall–Kier alpha value is -1.66. The van der Waals surface area contributed by atoms with E-state index in [1.165, 1.54) is 4.57 Å². The van der Waals surface area contributed by atoms with E-state index >= 15 is 0 Å².